The second-order valence-corrected chi connectivity index (χ2v) is 3.64. The summed E-state index contributed by atoms with van der Waals surface area (Å²) in [4.78, 5) is 2.04. The number of hydrogen-bond acceptors (Lipinski definition) is 1. The van der Waals surface area contributed by atoms with Gasteiger partial charge in [-0.05, 0) is 38.5 Å². The van der Waals surface area contributed by atoms with Crippen molar-refractivity contribution in [2.45, 2.75) is 26.8 Å². The lowest BCUT2D eigenvalue weighted by Crippen LogP contribution is -2.25. The molecule has 1 nitrogen and oxygen atoms in total. The highest BCUT2D eigenvalue weighted by atomic mass is 19.1. The van der Waals surface area contributed by atoms with E-state index in [9.17, 15) is 4.39 Å². The Morgan fingerprint density at radius 2 is 1.92 bits per heavy atom. The average molecular weight is 181 g/mol. The Balaban J connectivity index is 2.97. The fourth-order valence-corrected chi connectivity index (χ4v) is 1.10. The van der Waals surface area contributed by atoms with Crippen molar-refractivity contribution in [2.24, 2.45) is 0 Å². The lowest BCUT2D eigenvalue weighted by atomic mass is 10.2. The van der Waals surface area contributed by atoms with E-state index in [0.29, 0.717) is 11.6 Å². The highest BCUT2D eigenvalue weighted by Crippen LogP contribution is 2.18. The van der Waals surface area contributed by atoms with Crippen LogP contribution in [0, 0.1) is 12.7 Å². The minimum Gasteiger partial charge on any atom is -0.372 e. The van der Waals surface area contributed by atoms with Crippen molar-refractivity contribution in [2.75, 3.05) is 11.9 Å². The number of hydrogen-bond donors (Lipinski definition) is 0. The first-order chi connectivity index (χ1) is 6.02. The molecule has 0 bridgehead atoms. The highest BCUT2D eigenvalue weighted by Gasteiger charge is 2.06. The third-order valence-corrected chi connectivity index (χ3v) is 2.34. The molecule has 1 rings (SSSR count). The number of anilines is 1. The van der Waals surface area contributed by atoms with E-state index in [2.05, 4.69) is 13.8 Å². The largest absolute Gasteiger partial charge is 0.372 e. The Bertz CT molecular complexity index is 294. The van der Waals surface area contributed by atoms with Gasteiger partial charge in [0.25, 0.3) is 0 Å². The summed E-state index contributed by atoms with van der Waals surface area (Å²) in [6, 6.07) is 5.72. The Hall–Kier alpha value is -1.05. The number of benzene rings is 1. The zero-order chi connectivity index (χ0) is 10.0. The molecule has 2 heteroatoms. The molecule has 13 heavy (non-hydrogen) atoms. The van der Waals surface area contributed by atoms with Crippen molar-refractivity contribution >= 4 is 5.69 Å². The molecule has 0 atom stereocenters. The first-order valence-corrected chi connectivity index (χ1v) is 4.51. The first kappa shape index (κ1) is 10.0. The zero-order valence-electron chi connectivity index (χ0n) is 8.63. The molecule has 0 heterocycles. The summed E-state index contributed by atoms with van der Waals surface area (Å²) < 4.78 is 13.2. The van der Waals surface area contributed by atoms with Crippen LogP contribution in [-0.4, -0.2) is 13.1 Å². The van der Waals surface area contributed by atoms with E-state index in [4.69, 9.17) is 0 Å². The molecule has 1 aromatic carbocycles. The van der Waals surface area contributed by atoms with Crippen LogP contribution in [0.3, 0.4) is 0 Å². The zero-order valence-corrected chi connectivity index (χ0v) is 8.63. The molecule has 0 saturated carbocycles. The lowest BCUT2D eigenvalue weighted by molar-refractivity contribution is 0.616. The SMILES string of the molecule is Cc1ccc(N(C)C(C)C)cc1F. The topological polar surface area (TPSA) is 3.24 Å². The summed E-state index contributed by atoms with van der Waals surface area (Å²) in [6.45, 7) is 5.93. The molecule has 0 radical (unpaired) electrons. The Morgan fingerprint density at radius 3 is 2.38 bits per heavy atom. The van der Waals surface area contributed by atoms with Gasteiger partial charge >= 0.3 is 0 Å². The van der Waals surface area contributed by atoms with Gasteiger partial charge in [-0.15, -0.1) is 0 Å². The van der Waals surface area contributed by atoms with Crippen molar-refractivity contribution in [1.29, 1.82) is 0 Å². The Morgan fingerprint density at radius 1 is 1.31 bits per heavy atom. The third-order valence-electron chi connectivity index (χ3n) is 2.34. The van der Waals surface area contributed by atoms with Gasteiger partial charge in [-0.2, -0.15) is 0 Å². The van der Waals surface area contributed by atoms with Gasteiger partial charge < -0.3 is 4.90 Å². The maximum absolute atomic E-state index is 13.2. The van der Waals surface area contributed by atoms with Crippen molar-refractivity contribution in [3.05, 3.63) is 29.6 Å². The molecule has 0 N–H and O–H groups in total. The standard InChI is InChI=1S/C11H16FN/c1-8(2)13(4)10-6-5-9(3)11(12)7-10/h5-8H,1-4H3. The molecule has 0 unspecified atom stereocenters. The molecule has 0 aliphatic rings. The van der Waals surface area contributed by atoms with Gasteiger partial charge in [-0.25, -0.2) is 4.39 Å². The van der Waals surface area contributed by atoms with Crippen LogP contribution in [0.4, 0.5) is 10.1 Å². The van der Waals surface area contributed by atoms with E-state index < -0.39 is 0 Å². The van der Waals surface area contributed by atoms with E-state index in [1.54, 1.807) is 13.0 Å². The maximum Gasteiger partial charge on any atom is 0.128 e. The summed E-state index contributed by atoms with van der Waals surface area (Å²) in [5.41, 5.74) is 1.62. The number of rotatable bonds is 2. The lowest BCUT2D eigenvalue weighted by Gasteiger charge is -2.23. The van der Waals surface area contributed by atoms with Gasteiger partial charge in [0.05, 0.1) is 0 Å². The van der Waals surface area contributed by atoms with Crippen LogP contribution >= 0.6 is 0 Å². The van der Waals surface area contributed by atoms with Gasteiger partial charge in [0, 0.05) is 18.8 Å². The minimum absolute atomic E-state index is 0.134. The smallest absolute Gasteiger partial charge is 0.128 e. The van der Waals surface area contributed by atoms with Crippen LogP contribution in [0.25, 0.3) is 0 Å². The highest BCUT2D eigenvalue weighted by molar-refractivity contribution is 5.47. The maximum atomic E-state index is 13.2. The van der Waals surface area contributed by atoms with E-state index in [1.165, 1.54) is 0 Å². The van der Waals surface area contributed by atoms with Crippen molar-refractivity contribution in [1.82, 2.24) is 0 Å². The van der Waals surface area contributed by atoms with Gasteiger partial charge in [0.2, 0.25) is 0 Å². The van der Waals surface area contributed by atoms with Crippen molar-refractivity contribution in [3.63, 3.8) is 0 Å². The summed E-state index contributed by atoms with van der Waals surface area (Å²) in [6.07, 6.45) is 0. The molecule has 0 saturated heterocycles. The third kappa shape index (κ3) is 2.20. The van der Waals surface area contributed by atoms with E-state index in [1.807, 2.05) is 24.1 Å². The molecule has 0 fully saturated rings. The predicted molar refractivity (Wildman–Crippen MR) is 54.7 cm³/mol. The second-order valence-electron chi connectivity index (χ2n) is 3.64. The summed E-state index contributed by atoms with van der Waals surface area (Å²) in [5.74, 6) is -0.134. The molecule has 0 amide bonds. The number of halogens is 1. The normalized spacial score (nSPS) is 10.6. The van der Waals surface area contributed by atoms with Gasteiger partial charge in [0.15, 0.2) is 0 Å². The van der Waals surface area contributed by atoms with Gasteiger partial charge in [-0.1, -0.05) is 6.07 Å². The quantitative estimate of drug-likeness (QED) is 0.678. The van der Waals surface area contributed by atoms with E-state index in [-0.39, 0.29) is 5.82 Å². The minimum atomic E-state index is -0.134. The predicted octanol–water partition coefficient (Wildman–Crippen LogP) is 2.98. The van der Waals surface area contributed by atoms with Crippen LogP contribution < -0.4 is 4.90 Å². The summed E-state index contributed by atoms with van der Waals surface area (Å²) >= 11 is 0. The number of aryl methyl sites for hydroxylation is 1. The fourth-order valence-electron chi connectivity index (χ4n) is 1.10. The second kappa shape index (κ2) is 3.77. The Labute approximate surface area is 79.2 Å². The molecule has 0 aromatic heterocycles. The van der Waals surface area contributed by atoms with Crippen LogP contribution in [0.5, 0.6) is 0 Å². The molecule has 1 aromatic rings. The van der Waals surface area contributed by atoms with Crippen LogP contribution in [0.1, 0.15) is 19.4 Å². The van der Waals surface area contributed by atoms with Crippen LogP contribution in [0.2, 0.25) is 0 Å². The van der Waals surface area contributed by atoms with E-state index in [0.717, 1.165) is 5.69 Å². The molecular formula is C11H16FN. The van der Waals surface area contributed by atoms with Gasteiger partial charge in [-0.3, -0.25) is 0 Å². The molecule has 0 aliphatic heterocycles. The monoisotopic (exact) mass is 181 g/mol. The Kier molecular flexibility index (Phi) is 2.91. The molecule has 0 spiro atoms. The molecule has 0 aliphatic carbocycles. The number of nitrogens with zero attached hydrogens (tertiary/aromatic N) is 1. The summed E-state index contributed by atoms with van der Waals surface area (Å²) in [5, 5.41) is 0. The first-order valence-electron chi connectivity index (χ1n) is 4.51. The fraction of sp³-hybridized carbons (Fsp3) is 0.455. The summed E-state index contributed by atoms with van der Waals surface area (Å²) in [7, 11) is 1.97. The van der Waals surface area contributed by atoms with E-state index >= 15 is 0 Å². The van der Waals surface area contributed by atoms with Gasteiger partial charge in [0.1, 0.15) is 5.82 Å². The van der Waals surface area contributed by atoms with Crippen LogP contribution in [0.15, 0.2) is 18.2 Å². The molecular weight excluding hydrogens is 165 g/mol. The average Bonchev–Trinajstić information content (AvgIpc) is 2.08. The van der Waals surface area contributed by atoms with Crippen molar-refractivity contribution in [3.8, 4) is 0 Å². The molecule has 72 valence electrons. The van der Waals surface area contributed by atoms with Crippen molar-refractivity contribution < 1.29 is 4.39 Å². The van der Waals surface area contributed by atoms with Crippen LogP contribution in [-0.2, 0) is 0 Å².